The van der Waals surface area contributed by atoms with E-state index in [9.17, 15) is 19.2 Å². The van der Waals surface area contributed by atoms with E-state index in [4.69, 9.17) is 0 Å². The zero-order valence-electron chi connectivity index (χ0n) is 20.2. The van der Waals surface area contributed by atoms with Crippen LogP contribution in [0, 0.1) is 6.92 Å². The number of carbonyl (C=O) groups is 4. The standard InChI is InChI=1S/C27H33N3O4/c1-4-5-16-28-25(32)20(3)30(18-21-14-12-19(2)13-15-21)24(31)11-8-17-29-26(33)22-9-6-7-10-23(22)27(29)34/h6-7,9-10,12-15,20H,4-5,8,11,16-18H2,1-3H3,(H,28,32)/t20-/m1/s1. The molecule has 1 aliphatic rings. The van der Waals surface area contributed by atoms with E-state index in [0.717, 1.165) is 24.0 Å². The Bertz CT molecular complexity index is 1010. The molecule has 3 rings (SSSR count). The Labute approximate surface area is 201 Å². The van der Waals surface area contributed by atoms with Crippen LogP contribution >= 0.6 is 0 Å². The van der Waals surface area contributed by atoms with Gasteiger partial charge in [0.1, 0.15) is 6.04 Å². The molecule has 2 aromatic rings. The van der Waals surface area contributed by atoms with Gasteiger partial charge in [-0.3, -0.25) is 24.1 Å². The Morgan fingerprint density at radius 1 is 0.971 bits per heavy atom. The van der Waals surface area contributed by atoms with Crippen molar-refractivity contribution in [1.29, 1.82) is 0 Å². The zero-order valence-corrected chi connectivity index (χ0v) is 20.2. The van der Waals surface area contributed by atoms with Gasteiger partial charge in [0.15, 0.2) is 0 Å². The van der Waals surface area contributed by atoms with Gasteiger partial charge in [0.2, 0.25) is 11.8 Å². The highest BCUT2D eigenvalue weighted by Gasteiger charge is 2.35. The van der Waals surface area contributed by atoms with Gasteiger partial charge in [-0.05, 0) is 44.4 Å². The molecule has 0 aliphatic carbocycles. The normalized spacial score (nSPS) is 13.6. The van der Waals surface area contributed by atoms with Crippen molar-refractivity contribution >= 4 is 23.6 Å². The van der Waals surface area contributed by atoms with Crippen LogP contribution in [0.1, 0.15) is 71.4 Å². The molecule has 0 aromatic heterocycles. The van der Waals surface area contributed by atoms with E-state index in [1.54, 1.807) is 36.1 Å². The van der Waals surface area contributed by atoms with E-state index in [-0.39, 0.29) is 36.6 Å². The molecule has 0 saturated heterocycles. The Kier molecular flexibility index (Phi) is 8.57. The molecule has 7 nitrogen and oxygen atoms in total. The summed E-state index contributed by atoms with van der Waals surface area (Å²) in [6, 6.07) is 14.0. The molecule has 7 heteroatoms. The third kappa shape index (κ3) is 5.90. The van der Waals surface area contributed by atoms with E-state index in [2.05, 4.69) is 12.2 Å². The van der Waals surface area contributed by atoms with Crippen LogP contribution in [0.2, 0.25) is 0 Å². The Morgan fingerprint density at radius 3 is 2.18 bits per heavy atom. The van der Waals surface area contributed by atoms with Gasteiger partial charge in [0.25, 0.3) is 11.8 Å². The average molecular weight is 464 g/mol. The van der Waals surface area contributed by atoms with E-state index < -0.39 is 6.04 Å². The summed E-state index contributed by atoms with van der Waals surface area (Å²) in [6.07, 6.45) is 2.31. The monoisotopic (exact) mass is 463 g/mol. The van der Waals surface area contributed by atoms with E-state index in [0.29, 0.717) is 30.6 Å². The number of amides is 4. The highest BCUT2D eigenvalue weighted by atomic mass is 16.2. The second-order valence-electron chi connectivity index (χ2n) is 8.74. The molecule has 0 unspecified atom stereocenters. The molecule has 0 radical (unpaired) electrons. The first-order chi connectivity index (χ1) is 16.3. The molecule has 1 aliphatic heterocycles. The number of fused-ring (bicyclic) bond motifs is 1. The highest BCUT2D eigenvalue weighted by molar-refractivity contribution is 6.21. The predicted octanol–water partition coefficient (Wildman–Crippen LogP) is 3.70. The van der Waals surface area contributed by atoms with E-state index in [1.165, 1.54) is 4.90 Å². The molecule has 1 N–H and O–H groups in total. The first-order valence-electron chi connectivity index (χ1n) is 11.9. The molecule has 180 valence electrons. The van der Waals surface area contributed by atoms with Crippen molar-refractivity contribution < 1.29 is 19.2 Å². The lowest BCUT2D eigenvalue weighted by atomic mass is 10.1. The van der Waals surface area contributed by atoms with Gasteiger partial charge in [-0.25, -0.2) is 0 Å². The van der Waals surface area contributed by atoms with Crippen molar-refractivity contribution in [1.82, 2.24) is 15.1 Å². The largest absolute Gasteiger partial charge is 0.354 e. The molecular weight excluding hydrogens is 430 g/mol. The van der Waals surface area contributed by atoms with Gasteiger partial charge in [-0.15, -0.1) is 0 Å². The van der Waals surface area contributed by atoms with E-state index >= 15 is 0 Å². The number of rotatable bonds is 11. The van der Waals surface area contributed by atoms with Gasteiger partial charge in [-0.1, -0.05) is 55.3 Å². The van der Waals surface area contributed by atoms with Crippen LogP contribution in [0.5, 0.6) is 0 Å². The predicted molar refractivity (Wildman–Crippen MR) is 130 cm³/mol. The van der Waals surface area contributed by atoms with Gasteiger partial charge in [0.05, 0.1) is 11.1 Å². The summed E-state index contributed by atoms with van der Waals surface area (Å²) in [6.45, 7) is 6.83. The minimum atomic E-state index is -0.634. The zero-order chi connectivity index (χ0) is 24.7. The number of nitrogens with one attached hydrogen (secondary N) is 1. The van der Waals surface area contributed by atoms with Crippen LogP contribution in [0.15, 0.2) is 48.5 Å². The van der Waals surface area contributed by atoms with Gasteiger partial charge >= 0.3 is 0 Å². The summed E-state index contributed by atoms with van der Waals surface area (Å²) < 4.78 is 0. The third-order valence-electron chi connectivity index (χ3n) is 6.12. The lowest BCUT2D eigenvalue weighted by molar-refractivity contribution is -0.140. The number of aryl methyl sites for hydroxylation is 1. The topological polar surface area (TPSA) is 86.8 Å². The van der Waals surface area contributed by atoms with Crippen LogP contribution in [-0.2, 0) is 16.1 Å². The van der Waals surface area contributed by atoms with Crippen molar-refractivity contribution in [3.8, 4) is 0 Å². The fourth-order valence-electron chi connectivity index (χ4n) is 3.98. The van der Waals surface area contributed by atoms with Crippen molar-refractivity contribution in [2.75, 3.05) is 13.1 Å². The lowest BCUT2D eigenvalue weighted by Crippen LogP contribution is -2.47. The van der Waals surface area contributed by atoms with Crippen molar-refractivity contribution in [3.63, 3.8) is 0 Å². The van der Waals surface area contributed by atoms with E-state index in [1.807, 2.05) is 31.2 Å². The molecule has 1 heterocycles. The summed E-state index contributed by atoms with van der Waals surface area (Å²) in [5, 5.41) is 2.91. The molecule has 1 atom stereocenters. The lowest BCUT2D eigenvalue weighted by Gasteiger charge is -2.29. The van der Waals surface area contributed by atoms with Crippen LogP contribution in [0.4, 0.5) is 0 Å². The fourth-order valence-corrected chi connectivity index (χ4v) is 3.98. The van der Waals surface area contributed by atoms with Crippen LogP contribution in [-0.4, -0.2) is 52.6 Å². The number of unbranched alkanes of at least 4 members (excludes halogenated alkanes) is 1. The van der Waals surface area contributed by atoms with Crippen molar-refractivity contribution in [2.24, 2.45) is 0 Å². The minimum absolute atomic E-state index is 0.131. The molecule has 4 amide bonds. The minimum Gasteiger partial charge on any atom is -0.354 e. The molecule has 0 saturated carbocycles. The van der Waals surface area contributed by atoms with Crippen LogP contribution < -0.4 is 5.32 Å². The summed E-state index contributed by atoms with van der Waals surface area (Å²) in [5.41, 5.74) is 2.86. The molecule has 0 fully saturated rings. The number of nitrogens with zero attached hydrogens (tertiary/aromatic N) is 2. The summed E-state index contributed by atoms with van der Waals surface area (Å²) in [4.78, 5) is 53.8. The summed E-state index contributed by atoms with van der Waals surface area (Å²) in [7, 11) is 0. The SMILES string of the molecule is CCCCNC(=O)[C@@H](C)N(Cc1ccc(C)cc1)C(=O)CCCN1C(=O)c2ccccc2C1=O. The van der Waals surface area contributed by atoms with Gasteiger partial charge < -0.3 is 10.2 Å². The molecule has 34 heavy (non-hydrogen) atoms. The highest BCUT2D eigenvalue weighted by Crippen LogP contribution is 2.23. The van der Waals surface area contributed by atoms with Crippen molar-refractivity contribution in [2.45, 2.75) is 59.0 Å². The number of carbonyl (C=O) groups excluding carboxylic acids is 4. The van der Waals surface area contributed by atoms with Gasteiger partial charge in [0, 0.05) is 26.1 Å². The average Bonchev–Trinajstić information content (AvgIpc) is 3.08. The third-order valence-corrected chi connectivity index (χ3v) is 6.12. The second-order valence-corrected chi connectivity index (χ2v) is 8.74. The first kappa shape index (κ1) is 25.1. The number of hydrogen-bond acceptors (Lipinski definition) is 4. The maximum atomic E-state index is 13.2. The van der Waals surface area contributed by atoms with Crippen molar-refractivity contribution in [3.05, 3.63) is 70.8 Å². The number of benzene rings is 2. The maximum absolute atomic E-state index is 13.2. The summed E-state index contributed by atoms with van der Waals surface area (Å²) >= 11 is 0. The number of hydrogen-bond donors (Lipinski definition) is 1. The smallest absolute Gasteiger partial charge is 0.261 e. The molecule has 0 bridgehead atoms. The summed E-state index contributed by atoms with van der Waals surface area (Å²) in [5.74, 6) is -1.02. The molecule has 0 spiro atoms. The van der Waals surface area contributed by atoms with Gasteiger partial charge in [-0.2, -0.15) is 0 Å². The Morgan fingerprint density at radius 2 is 1.59 bits per heavy atom. The maximum Gasteiger partial charge on any atom is 0.261 e. The quantitative estimate of drug-likeness (QED) is 0.407. The van der Waals surface area contributed by atoms with Crippen LogP contribution in [0.25, 0.3) is 0 Å². The number of imide groups is 1. The fraction of sp³-hybridized carbons (Fsp3) is 0.407. The molecular formula is C27H33N3O4. The Balaban J connectivity index is 1.64. The second kappa shape index (κ2) is 11.6. The molecule has 2 aromatic carbocycles. The van der Waals surface area contributed by atoms with Crippen LogP contribution in [0.3, 0.4) is 0 Å². The Hall–Kier alpha value is -3.48. The first-order valence-corrected chi connectivity index (χ1v) is 11.9.